The van der Waals surface area contributed by atoms with Gasteiger partial charge < -0.3 is 4.74 Å². The standard InChI is InChI=1S/C10H12FNO2/c11-7-4-8-14-10(13)12-9-5-2-1-3-6-9/h1-3,5-6H,4,7-8H2,(H,12,13). The molecule has 4 heteroatoms. The van der Waals surface area contributed by atoms with E-state index >= 15 is 0 Å². The molecule has 0 atom stereocenters. The molecule has 1 aromatic carbocycles. The molecule has 0 heterocycles. The molecule has 14 heavy (non-hydrogen) atoms. The summed E-state index contributed by atoms with van der Waals surface area (Å²) < 4.78 is 16.4. The molecule has 0 bridgehead atoms. The Morgan fingerprint density at radius 3 is 2.71 bits per heavy atom. The number of hydrogen-bond acceptors (Lipinski definition) is 2. The third-order valence-corrected chi connectivity index (χ3v) is 1.53. The van der Waals surface area contributed by atoms with E-state index < -0.39 is 12.8 Å². The van der Waals surface area contributed by atoms with Crippen molar-refractivity contribution in [1.82, 2.24) is 0 Å². The van der Waals surface area contributed by atoms with Gasteiger partial charge in [0.2, 0.25) is 0 Å². The Hall–Kier alpha value is -1.58. The Morgan fingerprint density at radius 2 is 2.07 bits per heavy atom. The van der Waals surface area contributed by atoms with Gasteiger partial charge in [-0.15, -0.1) is 0 Å². The van der Waals surface area contributed by atoms with Crippen LogP contribution in [0, 0.1) is 0 Å². The first-order chi connectivity index (χ1) is 6.83. The molecule has 0 radical (unpaired) electrons. The number of amides is 1. The van der Waals surface area contributed by atoms with Gasteiger partial charge in [-0.25, -0.2) is 4.79 Å². The number of alkyl halides is 1. The normalized spacial score (nSPS) is 9.50. The van der Waals surface area contributed by atoms with Gasteiger partial charge >= 0.3 is 6.09 Å². The van der Waals surface area contributed by atoms with Gasteiger partial charge in [-0.2, -0.15) is 0 Å². The molecule has 0 aliphatic heterocycles. The van der Waals surface area contributed by atoms with Gasteiger partial charge in [0.25, 0.3) is 0 Å². The van der Waals surface area contributed by atoms with Crippen molar-refractivity contribution in [3.05, 3.63) is 30.3 Å². The van der Waals surface area contributed by atoms with E-state index in [0.29, 0.717) is 5.69 Å². The number of carbonyl (C=O) groups is 1. The first-order valence-electron chi connectivity index (χ1n) is 4.37. The molecular weight excluding hydrogens is 185 g/mol. The van der Waals surface area contributed by atoms with Crippen molar-refractivity contribution in [2.75, 3.05) is 18.6 Å². The van der Waals surface area contributed by atoms with Crippen LogP contribution in [0.2, 0.25) is 0 Å². The van der Waals surface area contributed by atoms with E-state index in [1.807, 2.05) is 6.07 Å². The average Bonchev–Trinajstić information content (AvgIpc) is 2.20. The second kappa shape index (κ2) is 5.96. The molecule has 0 unspecified atom stereocenters. The number of halogens is 1. The number of ether oxygens (including phenoxy) is 1. The van der Waals surface area contributed by atoms with Crippen LogP contribution in [0.25, 0.3) is 0 Å². The van der Waals surface area contributed by atoms with Crippen molar-refractivity contribution in [3.8, 4) is 0 Å². The monoisotopic (exact) mass is 197 g/mol. The zero-order chi connectivity index (χ0) is 10.2. The first kappa shape index (κ1) is 10.5. The predicted octanol–water partition coefficient (Wildman–Crippen LogP) is 2.59. The van der Waals surface area contributed by atoms with Crippen molar-refractivity contribution >= 4 is 11.8 Å². The van der Waals surface area contributed by atoms with Crippen LogP contribution < -0.4 is 5.32 Å². The number of rotatable bonds is 4. The minimum absolute atomic E-state index is 0.106. The van der Waals surface area contributed by atoms with E-state index in [-0.39, 0.29) is 13.0 Å². The molecule has 0 aliphatic carbocycles. The summed E-state index contributed by atoms with van der Waals surface area (Å²) in [6.07, 6.45) is -0.313. The number of anilines is 1. The summed E-state index contributed by atoms with van der Waals surface area (Å²) in [5.74, 6) is 0. The van der Waals surface area contributed by atoms with Crippen molar-refractivity contribution in [2.45, 2.75) is 6.42 Å². The van der Waals surface area contributed by atoms with Gasteiger partial charge in [0.1, 0.15) is 0 Å². The van der Waals surface area contributed by atoms with Crippen LogP contribution in [0.15, 0.2) is 30.3 Å². The van der Waals surface area contributed by atoms with E-state index in [9.17, 15) is 9.18 Å². The van der Waals surface area contributed by atoms with Gasteiger partial charge in [0.15, 0.2) is 0 Å². The highest BCUT2D eigenvalue weighted by Crippen LogP contribution is 2.05. The molecular formula is C10H12FNO2. The van der Waals surface area contributed by atoms with Crippen LogP contribution in [0.4, 0.5) is 14.9 Å². The van der Waals surface area contributed by atoms with Gasteiger partial charge in [0.05, 0.1) is 13.3 Å². The fraction of sp³-hybridized carbons (Fsp3) is 0.300. The third-order valence-electron chi connectivity index (χ3n) is 1.53. The van der Waals surface area contributed by atoms with Crippen molar-refractivity contribution in [3.63, 3.8) is 0 Å². The summed E-state index contributed by atoms with van der Waals surface area (Å²) in [6.45, 7) is -0.367. The summed E-state index contributed by atoms with van der Waals surface area (Å²) in [5.41, 5.74) is 0.665. The maximum atomic E-state index is 11.7. The molecule has 76 valence electrons. The molecule has 1 N–H and O–H groups in total. The maximum absolute atomic E-state index is 11.7. The van der Waals surface area contributed by atoms with Crippen LogP contribution in [0.3, 0.4) is 0 Å². The third kappa shape index (κ3) is 3.89. The van der Waals surface area contributed by atoms with Gasteiger partial charge in [-0.1, -0.05) is 18.2 Å². The molecule has 0 saturated carbocycles. The van der Waals surface area contributed by atoms with Crippen LogP contribution in [-0.4, -0.2) is 19.4 Å². The number of benzene rings is 1. The molecule has 1 aromatic rings. The van der Waals surface area contributed by atoms with Crippen LogP contribution in [0.1, 0.15) is 6.42 Å². The lowest BCUT2D eigenvalue weighted by Crippen LogP contribution is -2.14. The second-order valence-corrected chi connectivity index (χ2v) is 2.67. The molecule has 0 aliphatic rings. The Balaban J connectivity index is 2.27. The summed E-state index contributed by atoms with van der Waals surface area (Å²) in [5, 5.41) is 2.52. The molecule has 3 nitrogen and oxygen atoms in total. The van der Waals surface area contributed by atoms with E-state index in [4.69, 9.17) is 4.74 Å². The van der Waals surface area contributed by atoms with Crippen LogP contribution in [-0.2, 0) is 4.74 Å². The Bertz CT molecular complexity index is 277. The molecule has 0 spiro atoms. The number of hydrogen-bond donors (Lipinski definition) is 1. The minimum atomic E-state index is -0.551. The van der Waals surface area contributed by atoms with E-state index in [2.05, 4.69) is 5.32 Å². The molecule has 1 amide bonds. The molecule has 0 saturated heterocycles. The highest BCUT2D eigenvalue weighted by molar-refractivity contribution is 5.84. The van der Waals surface area contributed by atoms with Gasteiger partial charge in [0, 0.05) is 12.1 Å². The Kier molecular flexibility index (Phi) is 4.47. The maximum Gasteiger partial charge on any atom is 0.411 e. The zero-order valence-corrected chi connectivity index (χ0v) is 7.70. The SMILES string of the molecule is O=C(Nc1ccccc1)OCCCF. The molecule has 0 fully saturated rings. The number of nitrogens with one attached hydrogen (secondary N) is 1. The molecule has 0 aromatic heterocycles. The molecule has 1 rings (SSSR count). The largest absolute Gasteiger partial charge is 0.449 e. The smallest absolute Gasteiger partial charge is 0.411 e. The summed E-state index contributed by atoms with van der Waals surface area (Å²) >= 11 is 0. The number of carbonyl (C=O) groups excluding carboxylic acids is 1. The van der Waals surface area contributed by atoms with E-state index in [0.717, 1.165) is 0 Å². The predicted molar refractivity (Wildman–Crippen MR) is 52.0 cm³/mol. The summed E-state index contributed by atoms with van der Waals surface area (Å²) in [6, 6.07) is 8.95. The fourth-order valence-corrected chi connectivity index (χ4v) is 0.895. The van der Waals surface area contributed by atoms with Crippen LogP contribution in [0.5, 0.6) is 0 Å². The summed E-state index contributed by atoms with van der Waals surface area (Å²) in [7, 11) is 0. The lowest BCUT2D eigenvalue weighted by Gasteiger charge is -2.05. The minimum Gasteiger partial charge on any atom is -0.449 e. The van der Waals surface area contributed by atoms with Crippen molar-refractivity contribution in [2.24, 2.45) is 0 Å². The van der Waals surface area contributed by atoms with Gasteiger partial charge in [-0.05, 0) is 12.1 Å². The van der Waals surface area contributed by atoms with Crippen molar-refractivity contribution < 1.29 is 13.9 Å². The second-order valence-electron chi connectivity index (χ2n) is 2.67. The quantitative estimate of drug-likeness (QED) is 0.753. The van der Waals surface area contributed by atoms with Crippen LogP contribution >= 0.6 is 0 Å². The highest BCUT2D eigenvalue weighted by atomic mass is 19.1. The Labute approximate surface area is 81.9 Å². The highest BCUT2D eigenvalue weighted by Gasteiger charge is 2.01. The lowest BCUT2D eigenvalue weighted by molar-refractivity contribution is 0.157. The lowest BCUT2D eigenvalue weighted by atomic mass is 10.3. The summed E-state index contributed by atoms with van der Waals surface area (Å²) in [4.78, 5) is 11.0. The Morgan fingerprint density at radius 1 is 1.36 bits per heavy atom. The van der Waals surface area contributed by atoms with Crippen molar-refractivity contribution in [1.29, 1.82) is 0 Å². The zero-order valence-electron chi connectivity index (χ0n) is 7.70. The van der Waals surface area contributed by atoms with E-state index in [1.54, 1.807) is 24.3 Å². The first-order valence-corrected chi connectivity index (χ1v) is 4.37. The van der Waals surface area contributed by atoms with E-state index in [1.165, 1.54) is 0 Å². The number of para-hydroxylation sites is 1. The average molecular weight is 197 g/mol. The van der Waals surface area contributed by atoms with Gasteiger partial charge in [-0.3, -0.25) is 9.71 Å². The topological polar surface area (TPSA) is 38.3 Å². The fourth-order valence-electron chi connectivity index (χ4n) is 0.895.